The van der Waals surface area contributed by atoms with E-state index in [1.807, 2.05) is 0 Å². The Kier molecular flexibility index (Phi) is 4.16. The van der Waals surface area contributed by atoms with Gasteiger partial charge in [0.15, 0.2) is 0 Å². The maximum Gasteiger partial charge on any atom is 0.402 e. The molecule has 1 heterocycles. The van der Waals surface area contributed by atoms with E-state index in [0.29, 0.717) is 19.5 Å². The second kappa shape index (κ2) is 4.86. The minimum Gasteiger partial charge on any atom is -0.315 e. The smallest absolute Gasteiger partial charge is 0.315 e. The van der Waals surface area contributed by atoms with Gasteiger partial charge in [-0.15, -0.1) is 0 Å². The number of halogens is 3. The molecule has 16 heavy (non-hydrogen) atoms. The molecule has 0 radical (unpaired) electrons. The molecule has 0 bridgehead atoms. The van der Waals surface area contributed by atoms with Gasteiger partial charge in [-0.25, -0.2) is 0 Å². The minimum atomic E-state index is -4.54. The average Bonchev–Trinajstić information content (AvgIpc) is 2.65. The van der Waals surface area contributed by atoms with E-state index < -0.39 is 22.9 Å². The highest BCUT2D eigenvalue weighted by atomic mass is 32.2. The molecule has 0 aromatic heterocycles. The van der Waals surface area contributed by atoms with Gasteiger partial charge in [0.1, 0.15) is 6.54 Å². The van der Waals surface area contributed by atoms with Crippen molar-refractivity contribution in [2.45, 2.75) is 18.6 Å². The summed E-state index contributed by atoms with van der Waals surface area (Å²) in [5, 5.41) is 2.94. The molecule has 1 saturated heterocycles. The van der Waals surface area contributed by atoms with Crippen molar-refractivity contribution in [1.29, 1.82) is 0 Å². The standard InChI is InChI=1S/C7H14F3N3O2S/c1-13(6-2-3-11-4-6)16(14,15)12-5-7(8,9)10/h6,11-12H,2-5H2,1H3. The third-order valence-electron chi connectivity index (χ3n) is 2.38. The summed E-state index contributed by atoms with van der Waals surface area (Å²) in [4.78, 5) is 0. The lowest BCUT2D eigenvalue weighted by atomic mass is 10.3. The summed E-state index contributed by atoms with van der Waals surface area (Å²) in [5.74, 6) is 0. The van der Waals surface area contributed by atoms with Crippen molar-refractivity contribution in [1.82, 2.24) is 14.3 Å². The molecule has 9 heteroatoms. The first kappa shape index (κ1) is 13.7. The molecule has 1 unspecified atom stereocenters. The molecule has 0 spiro atoms. The number of nitrogens with zero attached hydrogens (tertiary/aromatic N) is 1. The van der Waals surface area contributed by atoms with Crippen LogP contribution >= 0.6 is 0 Å². The van der Waals surface area contributed by atoms with Crippen LogP contribution in [0.5, 0.6) is 0 Å². The second-order valence-corrected chi connectivity index (χ2v) is 5.42. The van der Waals surface area contributed by atoms with E-state index in [1.165, 1.54) is 11.8 Å². The summed E-state index contributed by atoms with van der Waals surface area (Å²) in [6, 6.07) is -0.286. The first-order valence-corrected chi connectivity index (χ1v) is 6.16. The van der Waals surface area contributed by atoms with E-state index in [9.17, 15) is 21.6 Å². The van der Waals surface area contributed by atoms with Crippen molar-refractivity contribution in [3.63, 3.8) is 0 Å². The topological polar surface area (TPSA) is 61.4 Å². The monoisotopic (exact) mass is 261 g/mol. The molecule has 1 atom stereocenters. The first-order valence-electron chi connectivity index (χ1n) is 4.72. The third kappa shape index (κ3) is 3.89. The van der Waals surface area contributed by atoms with Gasteiger partial charge in [-0.1, -0.05) is 0 Å². The third-order valence-corrected chi connectivity index (χ3v) is 3.95. The average molecular weight is 261 g/mol. The highest BCUT2D eigenvalue weighted by molar-refractivity contribution is 7.87. The molecule has 1 fully saturated rings. The van der Waals surface area contributed by atoms with Crippen LogP contribution in [0, 0.1) is 0 Å². The van der Waals surface area contributed by atoms with Gasteiger partial charge in [0.05, 0.1) is 0 Å². The molecule has 1 rings (SSSR count). The lowest BCUT2D eigenvalue weighted by Crippen LogP contribution is -2.47. The van der Waals surface area contributed by atoms with E-state index in [0.717, 1.165) is 4.31 Å². The van der Waals surface area contributed by atoms with Crippen LogP contribution in [-0.2, 0) is 10.2 Å². The van der Waals surface area contributed by atoms with E-state index in [1.54, 1.807) is 0 Å². The molecule has 0 saturated carbocycles. The van der Waals surface area contributed by atoms with Crippen LogP contribution in [0.2, 0.25) is 0 Å². The number of hydrogen-bond acceptors (Lipinski definition) is 3. The van der Waals surface area contributed by atoms with Gasteiger partial charge in [0, 0.05) is 19.6 Å². The molecule has 2 N–H and O–H groups in total. The zero-order valence-corrected chi connectivity index (χ0v) is 9.53. The lowest BCUT2D eigenvalue weighted by molar-refractivity contribution is -0.121. The Morgan fingerprint density at radius 2 is 2.12 bits per heavy atom. The number of likely N-dealkylation sites (N-methyl/N-ethyl adjacent to an activating group) is 1. The highest BCUT2D eigenvalue weighted by Gasteiger charge is 2.33. The molecule has 0 aliphatic carbocycles. The molecular formula is C7H14F3N3O2S. The van der Waals surface area contributed by atoms with Crippen molar-refractivity contribution in [2.24, 2.45) is 0 Å². The molecule has 0 aromatic rings. The zero-order chi connectivity index (χ0) is 12.4. The van der Waals surface area contributed by atoms with Crippen molar-refractivity contribution >= 4 is 10.2 Å². The largest absolute Gasteiger partial charge is 0.402 e. The van der Waals surface area contributed by atoms with E-state index in [2.05, 4.69) is 5.32 Å². The molecule has 0 amide bonds. The van der Waals surface area contributed by atoms with E-state index in [4.69, 9.17) is 0 Å². The Morgan fingerprint density at radius 1 is 1.50 bits per heavy atom. The van der Waals surface area contributed by atoms with Crippen LogP contribution in [0.25, 0.3) is 0 Å². The van der Waals surface area contributed by atoms with E-state index >= 15 is 0 Å². The van der Waals surface area contributed by atoms with Crippen molar-refractivity contribution in [3.05, 3.63) is 0 Å². The van der Waals surface area contributed by atoms with Crippen molar-refractivity contribution in [3.8, 4) is 0 Å². The fourth-order valence-electron chi connectivity index (χ4n) is 1.42. The van der Waals surface area contributed by atoms with Crippen molar-refractivity contribution in [2.75, 3.05) is 26.7 Å². The summed E-state index contributed by atoms with van der Waals surface area (Å²) < 4.78 is 61.0. The molecule has 5 nitrogen and oxygen atoms in total. The molecular weight excluding hydrogens is 247 g/mol. The predicted octanol–water partition coefficient (Wildman–Crippen LogP) is -0.323. The minimum absolute atomic E-state index is 0.286. The maximum atomic E-state index is 11.9. The first-order chi connectivity index (χ1) is 7.22. The Morgan fingerprint density at radius 3 is 2.56 bits per heavy atom. The summed E-state index contributed by atoms with van der Waals surface area (Å²) in [5.41, 5.74) is 0. The SMILES string of the molecule is CN(C1CCNC1)S(=O)(=O)NCC(F)(F)F. The highest BCUT2D eigenvalue weighted by Crippen LogP contribution is 2.14. The predicted molar refractivity (Wildman–Crippen MR) is 52.0 cm³/mol. The summed E-state index contributed by atoms with van der Waals surface area (Å²) in [7, 11) is -2.78. The maximum absolute atomic E-state index is 11.9. The number of hydrogen-bond donors (Lipinski definition) is 2. The van der Waals surface area contributed by atoms with Crippen LogP contribution in [0.3, 0.4) is 0 Å². The van der Waals surface area contributed by atoms with E-state index in [-0.39, 0.29) is 6.04 Å². The molecule has 1 aliphatic rings. The summed E-state index contributed by atoms with van der Waals surface area (Å²) in [6.45, 7) is -0.410. The second-order valence-electron chi connectivity index (χ2n) is 3.60. The van der Waals surface area contributed by atoms with Crippen LogP contribution < -0.4 is 10.0 Å². The Hall–Kier alpha value is -0.380. The fraction of sp³-hybridized carbons (Fsp3) is 1.00. The number of rotatable bonds is 4. The van der Waals surface area contributed by atoms with Crippen molar-refractivity contribution < 1.29 is 21.6 Å². The number of nitrogens with one attached hydrogen (secondary N) is 2. The van der Waals surface area contributed by atoms with Crippen LogP contribution in [0.1, 0.15) is 6.42 Å². The van der Waals surface area contributed by atoms with Gasteiger partial charge in [-0.05, 0) is 13.0 Å². The molecule has 1 aliphatic heterocycles. The molecule has 96 valence electrons. The van der Waals surface area contributed by atoms with Crippen LogP contribution in [0.4, 0.5) is 13.2 Å². The Labute approximate surface area is 92.2 Å². The van der Waals surface area contributed by atoms with Gasteiger partial charge in [-0.2, -0.15) is 30.6 Å². The van der Waals surface area contributed by atoms with Gasteiger partial charge in [0.2, 0.25) is 0 Å². The van der Waals surface area contributed by atoms with Gasteiger partial charge in [0.25, 0.3) is 10.2 Å². The quantitative estimate of drug-likeness (QED) is 0.729. The number of alkyl halides is 3. The Balaban J connectivity index is 2.55. The Bertz CT molecular complexity index is 324. The van der Waals surface area contributed by atoms with Gasteiger partial charge in [-0.3, -0.25) is 0 Å². The van der Waals surface area contributed by atoms with Crippen LogP contribution in [-0.4, -0.2) is 51.6 Å². The zero-order valence-electron chi connectivity index (χ0n) is 8.71. The van der Waals surface area contributed by atoms with Gasteiger partial charge < -0.3 is 5.32 Å². The van der Waals surface area contributed by atoms with Crippen LogP contribution in [0.15, 0.2) is 0 Å². The van der Waals surface area contributed by atoms with Gasteiger partial charge >= 0.3 is 6.18 Å². The summed E-state index contributed by atoms with van der Waals surface area (Å²) >= 11 is 0. The normalized spacial score (nSPS) is 22.9. The lowest BCUT2D eigenvalue weighted by Gasteiger charge is -2.23. The fourth-order valence-corrected chi connectivity index (χ4v) is 2.54. The molecule has 0 aromatic carbocycles. The summed E-state index contributed by atoms with van der Waals surface area (Å²) in [6.07, 6.45) is -3.94.